The number of anilines is 1. The van der Waals surface area contributed by atoms with Crippen molar-refractivity contribution in [2.75, 3.05) is 31.1 Å². The second kappa shape index (κ2) is 11.4. The Morgan fingerprint density at radius 3 is 2.43 bits per heavy atom. The molecule has 0 radical (unpaired) electrons. The highest BCUT2D eigenvalue weighted by Gasteiger charge is 2.47. The molecule has 5 rings (SSSR count). The Hall–Kier alpha value is -3.94. The average molecular weight is 505 g/mol. The molecular formula is C28H32N4O5. The van der Waals surface area contributed by atoms with E-state index in [1.165, 1.54) is 5.56 Å². The molecule has 0 bridgehead atoms. The molecule has 2 fully saturated rings. The van der Waals surface area contributed by atoms with Gasteiger partial charge in [-0.15, -0.1) is 0 Å². The largest absolute Gasteiger partial charge is 0.494 e. The van der Waals surface area contributed by atoms with Crippen molar-refractivity contribution in [1.29, 1.82) is 0 Å². The fraction of sp³-hybridized carbons (Fsp3) is 0.393. The van der Waals surface area contributed by atoms with Gasteiger partial charge in [0.05, 0.1) is 25.0 Å². The second-order valence-electron chi connectivity index (χ2n) is 9.47. The third-order valence-electron chi connectivity index (χ3n) is 6.83. The molecule has 2 aliphatic rings. The van der Waals surface area contributed by atoms with E-state index in [2.05, 4.69) is 42.2 Å². The summed E-state index contributed by atoms with van der Waals surface area (Å²) in [7, 11) is 0. The molecule has 2 saturated heterocycles. The number of aryl methyl sites for hydroxylation is 2. The molecule has 1 amide bonds. The van der Waals surface area contributed by atoms with E-state index in [1.807, 2.05) is 48.1 Å². The Morgan fingerprint density at radius 2 is 1.81 bits per heavy atom. The van der Waals surface area contributed by atoms with Crippen molar-refractivity contribution in [1.82, 2.24) is 14.7 Å². The highest BCUT2D eigenvalue weighted by molar-refractivity contribution is 5.90. The number of ether oxygens (including phenoxy) is 2. The van der Waals surface area contributed by atoms with Crippen LogP contribution in [-0.4, -0.2) is 58.8 Å². The highest BCUT2D eigenvalue weighted by Crippen LogP contribution is 2.36. The lowest BCUT2D eigenvalue weighted by molar-refractivity contribution is -0.191. The SMILES string of the molecule is CCOc1cc(CN2CCC3(CC2)CN(c2ccccc2)C(=O)O3)c(-n2cc(C)cn2)cc1C.O=C=O. The number of hydrogen-bond acceptors (Lipinski definition) is 7. The first-order valence-electron chi connectivity index (χ1n) is 12.4. The van der Waals surface area contributed by atoms with E-state index in [1.54, 1.807) is 4.90 Å². The maximum absolute atomic E-state index is 12.6. The van der Waals surface area contributed by atoms with Gasteiger partial charge in [-0.2, -0.15) is 14.7 Å². The van der Waals surface area contributed by atoms with Crippen LogP contribution < -0.4 is 9.64 Å². The molecule has 3 aromatic rings. The van der Waals surface area contributed by atoms with Gasteiger partial charge in [-0.3, -0.25) is 9.80 Å². The molecule has 2 aliphatic heterocycles. The molecule has 1 aromatic heterocycles. The van der Waals surface area contributed by atoms with E-state index in [0.717, 1.165) is 60.7 Å². The Balaban J connectivity index is 0.00000102. The van der Waals surface area contributed by atoms with Crippen LogP contribution in [0.2, 0.25) is 0 Å². The van der Waals surface area contributed by atoms with Crippen LogP contribution in [-0.2, 0) is 20.9 Å². The van der Waals surface area contributed by atoms with Gasteiger partial charge in [-0.05, 0) is 61.7 Å². The second-order valence-corrected chi connectivity index (χ2v) is 9.47. The van der Waals surface area contributed by atoms with Crippen LogP contribution in [0.3, 0.4) is 0 Å². The minimum Gasteiger partial charge on any atom is -0.494 e. The third kappa shape index (κ3) is 5.90. The topological polar surface area (TPSA) is 94.0 Å². The van der Waals surface area contributed by atoms with Crippen LogP contribution >= 0.6 is 0 Å². The van der Waals surface area contributed by atoms with Crippen molar-refractivity contribution in [3.05, 3.63) is 71.5 Å². The zero-order chi connectivity index (χ0) is 26.4. The molecule has 0 saturated carbocycles. The summed E-state index contributed by atoms with van der Waals surface area (Å²) < 4.78 is 13.8. The molecule has 0 N–H and O–H groups in total. The molecule has 0 unspecified atom stereocenters. The van der Waals surface area contributed by atoms with Gasteiger partial charge in [0.25, 0.3) is 0 Å². The summed E-state index contributed by atoms with van der Waals surface area (Å²) in [5.74, 6) is 0.918. The van der Waals surface area contributed by atoms with Gasteiger partial charge in [0, 0.05) is 44.4 Å². The molecule has 37 heavy (non-hydrogen) atoms. The first-order valence-corrected chi connectivity index (χ1v) is 12.4. The molecule has 0 atom stereocenters. The summed E-state index contributed by atoms with van der Waals surface area (Å²) >= 11 is 0. The van der Waals surface area contributed by atoms with E-state index < -0.39 is 5.60 Å². The number of likely N-dealkylation sites (tertiary alicyclic amines) is 1. The summed E-state index contributed by atoms with van der Waals surface area (Å²) in [6.07, 6.45) is 5.59. The predicted octanol–water partition coefficient (Wildman–Crippen LogP) is 4.30. The number of amides is 1. The lowest BCUT2D eigenvalue weighted by atomic mass is 9.91. The normalized spacial score (nSPS) is 16.6. The van der Waals surface area contributed by atoms with Crippen LogP contribution in [0.4, 0.5) is 10.5 Å². The van der Waals surface area contributed by atoms with Gasteiger partial charge < -0.3 is 9.47 Å². The summed E-state index contributed by atoms with van der Waals surface area (Å²) in [5, 5.41) is 4.55. The summed E-state index contributed by atoms with van der Waals surface area (Å²) in [5.41, 5.74) is 4.98. The Labute approximate surface area is 216 Å². The van der Waals surface area contributed by atoms with Gasteiger partial charge >= 0.3 is 12.2 Å². The summed E-state index contributed by atoms with van der Waals surface area (Å²) in [4.78, 5) is 33.1. The van der Waals surface area contributed by atoms with E-state index in [0.29, 0.717) is 13.2 Å². The fourth-order valence-corrected chi connectivity index (χ4v) is 4.96. The molecule has 3 heterocycles. The van der Waals surface area contributed by atoms with Gasteiger partial charge in [0.15, 0.2) is 0 Å². The van der Waals surface area contributed by atoms with E-state index >= 15 is 0 Å². The van der Waals surface area contributed by atoms with Crippen LogP contribution in [0, 0.1) is 13.8 Å². The van der Waals surface area contributed by atoms with E-state index in [9.17, 15) is 4.79 Å². The van der Waals surface area contributed by atoms with Crippen LogP contribution in [0.5, 0.6) is 5.75 Å². The Bertz CT molecular complexity index is 1260. The van der Waals surface area contributed by atoms with Crippen molar-refractivity contribution >= 4 is 17.9 Å². The molecular weight excluding hydrogens is 472 g/mol. The summed E-state index contributed by atoms with van der Waals surface area (Å²) in [6, 6.07) is 14.1. The van der Waals surface area contributed by atoms with Crippen molar-refractivity contribution in [3.8, 4) is 11.4 Å². The molecule has 194 valence electrons. The van der Waals surface area contributed by atoms with Crippen molar-refractivity contribution in [2.45, 2.75) is 45.8 Å². The smallest absolute Gasteiger partial charge is 0.415 e. The van der Waals surface area contributed by atoms with Crippen LogP contribution in [0.25, 0.3) is 5.69 Å². The Kier molecular flexibility index (Phi) is 8.06. The van der Waals surface area contributed by atoms with Crippen molar-refractivity contribution < 1.29 is 23.9 Å². The zero-order valence-electron chi connectivity index (χ0n) is 21.5. The third-order valence-corrected chi connectivity index (χ3v) is 6.83. The quantitative estimate of drug-likeness (QED) is 0.494. The lowest BCUT2D eigenvalue weighted by Gasteiger charge is -2.37. The van der Waals surface area contributed by atoms with Gasteiger partial charge in [-0.1, -0.05) is 18.2 Å². The maximum atomic E-state index is 12.6. The van der Waals surface area contributed by atoms with Crippen molar-refractivity contribution in [3.63, 3.8) is 0 Å². The number of para-hydroxylation sites is 1. The molecule has 1 spiro atoms. The van der Waals surface area contributed by atoms with Crippen molar-refractivity contribution in [2.24, 2.45) is 0 Å². The fourth-order valence-electron chi connectivity index (χ4n) is 4.96. The van der Waals surface area contributed by atoms with Crippen LogP contribution in [0.1, 0.15) is 36.5 Å². The minimum absolute atomic E-state index is 0.240. The number of rotatable bonds is 6. The monoisotopic (exact) mass is 504 g/mol. The lowest BCUT2D eigenvalue weighted by Crippen LogP contribution is -2.46. The number of nitrogens with zero attached hydrogens (tertiary/aromatic N) is 4. The number of benzene rings is 2. The minimum atomic E-state index is -0.408. The number of piperidine rings is 1. The number of aromatic nitrogens is 2. The van der Waals surface area contributed by atoms with Gasteiger partial charge in [-0.25, -0.2) is 9.48 Å². The maximum Gasteiger partial charge on any atom is 0.415 e. The molecule has 9 nitrogen and oxygen atoms in total. The highest BCUT2D eigenvalue weighted by atomic mass is 16.6. The van der Waals surface area contributed by atoms with Crippen LogP contribution in [0.15, 0.2) is 54.9 Å². The molecule has 0 aliphatic carbocycles. The zero-order valence-corrected chi connectivity index (χ0v) is 21.5. The van der Waals surface area contributed by atoms with E-state index in [-0.39, 0.29) is 12.2 Å². The molecule has 9 heteroatoms. The van der Waals surface area contributed by atoms with E-state index in [4.69, 9.17) is 19.1 Å². The predicted molar refractivity (Wildman–Crippen MR) is 137 cm³/mol. The van der Waals surface area contributed by atoms with Gasteiger partial charge in [0.2, 0.25) is 0 Å². The molecule has 2 aromatic carbocycles. The first-order chi connectivity index (χ1) is 17.9. The first kappa shape index (κ1) is 26.1. The number of hydrogen-bond donors (Lipinski definition) is 0. The number of carbonyl (C=O) groups is 1. The van der Waals surface area contributed by atoms with Gasteiger partial charge in [0.1, 0.15) is 11.4 Å². The average Bonchev–Trinajstić information content (AvgIpc) is 3.46. The Morgan fingerprint density at radius 1 is 1.11 bits per heavy atom. The standard InChI is InChI=1S/C27H32N4O3.CO2/c1-4-33-25-15-22(24(14-21(25)3)31-17-20(2)16-28-31)18-29-12-10-27(11-13-29)19-30(26(32)34-27)23-8-6-5-7-9-23;2-1-3/h5-9,14-17H,4,10-13,18-19H2,1-3H3;. The number of carbonyl (C=O) groups excluding carboxylic acids is 3. The summed E-state index contributed by atoms with van der Waals surface area (Å²) in [6.45, 7) is 9.91.